The van der Waals surface area contributed by atoms with Gasteiger partial charge in [-0.05, 0) is 24.8 Å². The molecule has 1 saturated carbocycles. The standard InChI is InChI=1S/C14H16N2O6/c1-22-7-12(8-2-3-8)15-13(17)9-4-10(14(18)19)6-11(5-9)16(20)21/h4-6,8,12H,2-3,7H2,1H3,(H,15,17)(H,18,19). The molecule has 22 heavy (non-hydrogen) atoms. The van der Waals surface area contributed by atoms with Crippen LogP contribution in [0.5, 0.6) is 0 Å². The Balaban J connectivity index is 2.23. The Morgan fingerprint density at radius 1 is 1.41 bits per heavy atom. The number of nitrogens with one attached hydrogen (secondary N) is 1. The molecule has 0 bridgehead atoms. The van der Waals surface area contributed by atoms with Crippen molar-refractivity contribution in [2.24, 2.45) is 5.92 Å². The molecule has 1 fully saturated rings. The van der Waals surface area contributed by atoms with E-state index in [-0.39, 0.29) is 17.2 Å². The van der Waals surface area contributed by atoms with Crippen LogP contribution in [0.3, 0.4) is 0 Å². The van der Waals surface area contributed by atoms with Crippen LogP contribution in [-0.2, 0) is 4.74 Å². The second kappa shape index (κ2) is 6.52. The van der Waals surface area contributed by atoms with Gasteiger partial charge in [-0.15, -0.1) is 0 Å². The summed E-state index contributed by atoms with van der Waals surface area (Å²) in [7, 11) is 1.53. The van der Waals surface area contributed by atoms with Crippen LogP contribution in [0.2, 0.25) is 0 Å². The summed E-state index contributed by atoms with van der Waals surface area (Å²) < 4.78 is 5.05. The molecule has 2 rings (SSSR count). The van der Waals surface area contributed by atoms with Crippen molar-refractivity contribution in [3.8, 4) is 0 Å². The molecule has 1 unspecified atom stereocenters. The predicted molar refractivity (Wildman–Crippen MR) is 75.9 cm³/mol. The van der Waals surface area contributed by atoms with Crippen LogP contribution in [0.25, 0.3) is 0 Å². The highest BCUT2D eigenvalue weighted by molar-refractivity contribution is 5.98. The molecule has 1 amide bonds. The Hall–Kier alpha value is -2.48. The summed E-state index contributed by atoms with van der Waals surface area (Å²) >= 11 is 0. The first-order valence-electron chi connectivity index (χ1n) is 6.75. The van der Waals surface area contributed by atoms with Gasteiger partial charge in [0.15, 0.2) is 0 Å². The van der Waals surface area contributed by atoms with Gasteiger partial charge in [-0.3, -0.25) is 14.9 Å². The Kier molecular flexibility index (Phi) is 4.71. The number of non-ortho nitro benzene ring substituents is 1. The van der Waals surface area contributed by atoms with Crippen molar-refractivity contribution < 1.29 is 24.4 Å². The smallest absolute Gasteiger partial charge is 0.335 e. The topological polar surface area (TPSA) is 119 Å². The van der Waals surface area contributed by atoms with Gasteiger partial charge >= 0.3 is 5.97 Å². The minimum atomic E-state index is -1.33. The lowest BCUT2D eigenvalue weighted by atomic mass is 10.1. The molecule has 0 saturated heterocycles. The second-order valence-electron chi connectivity index (χ2n) is 5.20. The normalized spacial score (nSPS) is 15.1. The third kappa shape index (κ3) is 3.79. The monoisotopic (exact) mass is 308 g/mol. The zero-order valence-corrected chi connectivity index (χ0v) is 11.9. The molecule has 0 heterocycles. The molecule has 0 aromatic heterocycles. The number of nitrogens with zero attached hydrogens (tertiary/aromatic N) is 1. The van der Waals surface area contributed by atoms with E-state index in [1.54, 1.807) is 0 Å². The summed E-state index contributed by atoms with van der Waals surface area (Å²) in [5, 5.41) is 22.6. The molecule has 118 valence electrons. The highest BCUT2D eigenvalue weighted by Crippen LogP contribution is 2.33. The minimum Gasteiger partial charge on any atom is -0.478 e. The van der Waals surface area contributed by atoms with E-state index in [1.807, 2.05) is 0 Å². The van der Waals surface area contributed by atoms with Crippen molar-refractivity contribution in [1.29, 1.82) is 0 Å². The Morgan fingerprint density at radius 3 is 2.55 bits per heavy atom. The summed E-state index contributed by atoms with van der Waals surface area (Å²) in [5.41, 5.74) is -0.776. The molecule has 8 nitrogen and oxygen atoms in total. The number of methoxy groups -OCH3 is 1. The number of hydrogen-bond donors (Lipinski definition) is 2. The first-order valence-corrected chi connectivity index (χ1v) is 6.75. The number of carbonyl (C=O) groups excluding carboxylic acids is 1. The largest absolute Gasteiger partial charge is 0.478 e. The van der Waals surface area contributed by atoms with Gasteiger partial charge in [0.05, 0.1) is 23.1 Å². The van der Waals surface area contributed by atoms with Crippen molar-refractivity contribution >= 4 is 17.6 Å². The third-order valence-electron chi connectivity index (χ3n) is 3.49. The second-order valence-corrected chi connectivity index (χ2v) is 5.20. The van der Waals surface area contributed by atoms with Crippen molar-refractivity contribution in [1.82, 2.24) is 5.32 Å². The fraction of sp³-hybridized carbons (Fsp3) is 0.429. The SMILES string of the molecule is COCC(NC(=O)c1cc(C(=O)O)cc([N+](=O)[O-])c1)C1CC1. The van der Waals surface area contributed by atoms with Crippen LogP contribution < -0.4 is 5.32 Å². The van der Waals surface area contributed by atoms with E-state index >= 15 is 0 Å². The summed E-state index contributed by atoms with van der Waals surface area (Å²) in [5.74, 6) is -1.53. The minimum absolute atomic E-state index is 0.0478. The average Bonchev–Trinajstić information content (AvgIpc) is 3.30. The van der Waals surface area contributed by atoms with E-state index in [0.29, 0.717) is 12.5 Å². The number of hydrogen-bond acceptors (Lipinski definition) is 5. The number of carboxylic acid groups (broad SMARTS) is 1. The van der Waals surface area contributed by atoms with Crippen molar-refractivity contribution in [2.45, 2.75) is 18.9 Å². The van der Waals surface area contributed by atoms with E-state index in [4.69, 9.17) is 9.84 Å². The summed E-state index contributed by atoms with van der Waals surface area (Å²) in [6.07, 6.45) is 1.98. The highest BCUT2D eigenvalue weighted by Gasteiger charge is 2.32. The maximum Gasteiger partial charge on any atom is 0.335 e. The molecular formula is C14H16N2O6. The van der Waals surface area contributed by atoms with Crippen molar-refractivity contribution in [2.75, 3.05) is 13.7 Å². The number of nitro groups is 1. The molecule has 0 aliphatic heterocycles. The van der Waals surface area contributed by atoms with E-state index < -0.39 is 22.5 Å². The molecule has 0 radical (unpaired) electrons. The van der Waals surface area contributed by atoms with Gasteiger partial charge in [0.25, 0.3) is 11.6 Å². The Morgan fingerprint density at radius 2 is 2.05 bits per heavy atom. The van der Waals surface area contributed by atoms with Gasteiger partial charge < -0.3 is 15.2 Å². The van der Waals surface area contributed by atoms with Gasteiger partial charge in [0.2, 0.25) is 0 Å². The summed E-state index contributed by atoms with van der Waals surface area (Å²) in [6.45, 7) is 0.344. The third-order valence-corrected chi connectivity index (χ3v) is 3.49. The van der Waals surface area contributed by atoms with Crippen LogP contribution in [0, 0.1) is 16.0 Å². The number of rotatable bonds is 7. The molecule has 1 atom stereocenters. The van der Waals surface area contributed by atoms with Crippen molar-refractivity contribution in [3.05, 3.63) is 39.4 Å². The van der Waals surface area contributed by atoms with Gasteiger partial charge in [-0.1, -0.05) is 0 Å². The molecule has 1 aliphatic rings. The van der Waals surface area contributed by atoms with Gasteiger partial charge in [0.1, 0.15) is 0 Å². The van der Waals surface area contributed by atoms with Crippen molar-refractivity contribution in [3.63, 3.8) is 0 Å². The Labute approximate surface area is 126 Å². The van der Waals surface area contributed by atoms with E-state index in [1.165, 1.54) is 7.11 Å². The number of carboxylic acids is 1. The number of aromatic carboxylic acids is 1. The molecular weight excluding hydrogens is 292 g/mol. The Bertz CT molecular complexity index is 579. The molecule has 1 aliphatic carbocycles. The van der Waals surface area contributed by atoms with Gasteiger partial charge in [0, 0.05) is 24.8 Å². The molecule has 8 heteroatoms. The fourth-order valence-corrected chi connectivity index (χ4v) is 2.20. The first kappa shape index (κ1) is 15.9. The average molecular weight is 308 g/mol. The molecule has 0 spiro atoms. The fourth-order valence-electron chi connectivity index (χ4n) is 2.20. The summed E-state index contributed by atoms with van der Waals surface area (Å²) in [4.78, 5) is 33.4. The lowest BCUT2D eigenvalue weighted by Crippen LogP contribution is -2.39. The highest BCUT2D eigenvalue weighted by atomic mass is 16.6. The van der Waals surface area contributed by atoms with E-state index in [9.17, 15) is 19.7 Å². The molecule has 1 aromatic rings. The number of nitro benzene ring substituents is 1. The van der Waals surface area contributed by atoms with Crippen LogP contribution in [0.4, 0.5) is 5.69 Å². The first-order chi connectivity index (χ1) is 10.4. The lowest BCUT2D eigenvalue weighted by Gasteiger charge is -2.17. The van der Waals surface area contributed by atoms with Crippen LogP contribution in [0.1, 0.15) is 33.6 Å². The predicted octanol–water partition coefficient (Wildman–Crippen LogP) is 1.45. The quantitative estimate of drug-likeness (QED) is 0.581. The van der Waals surface area contributed by atoms with Gasteiger partial charge in [-0.25, -0.2) is 4.79 Å². The van der Waals surface area contributed by atoms with E-state index in [2.05, 4.69) is 5.32 Å². The van der Waals surface area contributed by atoms with Crippen LogP contribution >= 0.6 is 0 Å². The maximum absolute atomic E-state index is 12.2. The zero-order valence-electron chi connectivity index (χ0n) is 11.9. The maximum atomic E-state index is 12.2. The number of benzene rings is 1. The molecule has 2 N–H and O–H groups in total. The number of amides is 1. The van der Waals surface area contributed by atoms with Gasteiger partial charge in [-0.2, -0.15) is 0 Å². The zero-order chi connectivity index (χ0) is 16.3. The van der Waals surface area contributed by atoms with Crippen LogP contribution in [-0.4, -0.2) is 41.7 Å². The lowest BCUT2D eigenvalue weighted by molar-refractivity contribution is -0.384. The van der Waals surface area contributed by atoms with Crippen LogP contribution in [0.15, 0.2) is 18.2 Å². The summed E-state index contributed by atoms with van der Waals surface area (Å²) in [6, 6.07) is 2.94. The van der Waals surface area contributed by atoms with E-state index in [0.717, 1.165) is 31.0 Å². The number of carbonyl (C=O) groups is 2. The number of ether oxygens (including phenoxy) is 1. The molecule has 1 aromatic carbocycles.